The first-order valence-corrected chi connectivity index (χ1v) is 7.16. The fraction of sp³-hybridized carbons (Fsp3) is 0.286. The molecule has 7 heteroatoms. The van der Waals surface area contributed by atoms with E-state index in [2.05, 4.69) is 0 Å². The van der Waals surface area contributed by atoms with E-state index in [9.17, 15) is 15.2 Å². The van der Waals surface area contributed by atoms with E-state index >= 15 is 0 Å². The molecule has 1 heterocycles. The van der Waals surface area contributed by atoms with Crippen LogP contribution < -0.4 is 4.74 Å². The van der Waals surface area contributed by atoms with Gasteiger partial charge in [-0.15, -0.1) is 0 Å². The molecule has 0 fully saturated rings. The van der Waals surface area contributed by atoms with Gasteiger partial charge in [-0.3, -0.25) is 10.1 Å². The van der Waals surface area contributed by atoms with Gasteiger partial charge in [-0.2, -0.15) is 0 Å². The van der Waals surface area contributed by atoms with E-state index < -0.39 is 11.0 Å². The Morgan fingerprint density at radius 1 is 1.38 bits per heavy atom. The van der Waals surface area contributed by atoms with Gasteiger partial charge in [-0.05, 0) is 31.0 Å². The summed E-state index contributed by atoms with van der Waals surface area (Å²) in [6.45, 7) is 1.61. The van der Waals surface area contributed by atoms with Gasteiger partial charge >= 0.3 is 5.69 Å². The molecule has 1 aromatic carbocycles. The monoisotopic (exact) mass is 309 g/mol. The van der Waals surface area contributed by atoms with Gasteiger partial charge in [0.15, 0.2) is 0 Å². The number of aliphatic hydroxyl groups is 2. The van der Waals surface area contributed by atoms with E-state index in [0.29, 0.717) is 17.0 Å². The van der Waals surface area contributed by atoms with Crippen LogP contribution in [0.3, 0.4) is 0 Å². The molecule has 0 bridgehead atoms. The molecule has 2 N–H and O–H groups in total. The van der Waals surface area contributed by atoms with Gasteiger partial charge in [0.05, 0.1) is 11.0 Å². The van der Waals surface area contributed by atoms with Crippen molar-refractivity contribution in [1.82, 2.24) is 0 Å². The highest BCUT2D eigenvalue weighted by molar-refractivity contribution is 7.14. The van der Waals surface area contributed by atoms with Crippen molar-refractivity contribution in [2.75, 3.05) is 6.61 Å². The summed E-state index contributed by atoms with van der Waals surface area (Å²) in [5.41, 5.74) is 0.797. The fourth-order valence-electron chi connectivity index (χ4n) is 1.75. The van der Waals surface area contributed by atoms with Crippen molar-refractivity contribution in [3.8, 4) is 10.8 Å². The molecule has 2 rings (SSSR count). The van der Waals surface area contributed by atoms with E-state index in [4.69, 9.17) is 9.84 Å². The molecule has 6 nitrogen and oxygen atoms in total. The van der Waals surface area contributed by atoms with Gasteiger partial charge < -0.3 is 14.9 Å². The van der Waals surface area contributed by atoms with Crippen LogP contribution in [0.15, 0.2) is 30.3 Å². The lowest BCUT2D eigenvalue weighted by Gasteiger charge is -2.04. The van der Waals surface area contributed by atoms with Crippen LogP contribution in [0, 0.1) is 10.1 Å². The lowest BCUT2D eigenvalue weighted by molar-refractivity contribution is -0.385. The zero-order valence-corrected chi connectivity index (χ0v) is 12.2. The highest BCUT2D eigenvalue weighted by Crippen LogP contribution is 2.41. The zero-order chi connectivity index (χ0) is 15.4. The Hall–Kier alpha value is -1.96. The molecule has 0 aliphatic heterocycles. The number of nitrogens with zero attached hydrogens (tertiary/aromatic N) is 1. The molecule has 0 saturated carbocycles. The smallest absolute Gasteiger partial charge is 0.323 e. The third kappa shape index (κ3) is 3.78. The lowest BCUT2D eigenvalue weighted by atomic mass is 10.1. The molecule has 0 aliphatic rings. The number of nitro groups is 1. The number of rotatable bonds is 6. The molecule has 0 radical (unpaired) electrons. The van der Waals surface area contributed by atoms with E-state index in [1.165, 1.54) is 6.07 Å². The first-order valence-electron chi connectivity index (χ1n) is 6.35. The normalized spacial score (nSPS) is 12.1. The predicted octanol–water partition coefficient (Wildman–Crippen LogP) is 3.04. The fourth-order valence-corrected chi connectivity index (χ4v) is 2.68. The summed E-state index contributed by atoms with van der Waals surface area (Å²) in [4.78, 5) is 11.0. The molecule has 0 unspecified atom stereocenters. The third-order valence-corrected chi connectivity index (χ3v) is 4.01. The Labute approximate surface area is 125 Å². The summed E-state index contributed by atoms with van der Waals surface area (Å²) in [7, 11) is 0. The van der Waals surface area contributed by atoms with Crippen molar-refractivity contribution < 1.29 is 19.9 Å². The van der Waals surface area contributed by atoms with Crippen molar-refractivity contribution in [2.45, 2.75) is 19.4 Å². The number of benzene rings is 1. The van der Waals surface area contributed by atoms with E-state index in [1.54, 1.807) is 31.2 Å². The second-order valence-corrected chi connectivity index (χ2v) is 5.52. The van der Waals surface area contributed by atoms with Crippen molar-refractivity contribution in [2.24, 2.45) is 0 Å². The molecule has 0 aliphatic carbocycles. The zero-order valence-electron chi connectivity index (χ0n) is 11.4. The molecular formula is C14H15NO5S. The van der Waals surface area contributed by atoms with Gasteiger partial charge in [0, 0.05) is 17.6 Å². The van der Waals surface area contributed by atoms with Crippen LogP contribution in [0.2, 0.25) is 0 Å². The minimum atomic E-state index is -0.780. The summed E-state index contributed by atoms with van der Waals surface area (Å²) >= 11 is 1.05. The van der Waals surface area contributed by atoms with Crippen LogP contribution in [0.1, 0.15) is 23.5 Å². The Balaban J connectivity index is 2.23. The van der Waals surface area contributed by atoms with Crippen LogP contribution in [0.5, 0.6) is 10.8 Å². The molecule has 0 amide bonds. The predicted molar refractivity (Wildman–Crippen MR) is 78.9 cm³/mol. The molecule has 112 valence electrons. The Morgan fingerprint density at radius 2 is 2.05 bits per heavy atom. The Kier molecular flexibility index (Phi) is 4.89. The Bertz CT molecular complexity index is 621. The lowest BCUT2D eigenvalue weighted by Crippen LogP contribution is -1.91. The second-order valence-electron chi connectivity index (χ2n) is 4.47. The molecule has 0 saturated heterocycles. The SMILES string of the molecule is C[C@H](O)c1cc([N+](=O)[O-])c(Oc2ccc(CCO)cc2)s1. The van der Waals surface area contributed by atoms with Crippen molar-refractivity contribution in [3.63, 3.8) is 0 Å². The number of ether oxygens (including phenoxy) is 1. The maximum absolute atomic E-state index is 11.0. The summed E-state index contributed by atoms with van der Waals surface area (Å²) in [6.07, 6.45) is -0.232. The van der Waals surface area contributed by atoms with Crippen LogP contribution in [-0.2, 0) is 6.42 Å². The standard InChI is InChI=1S/C14H15NO5S/c1-9(17)13-8-12(15(18)19)14(21-13)20-11-4-2-10(3-5-11)6-7-16/h2-5,8-9,16-17H,6-7H2,1H3/t9-/m0/s1. The number of thiophene rings is 1. The molecule has 21 heavy (non-hydrogen) atoms. The van der Waals surface area contributed by atoms with E-state index in [-0.39, 0.29) is 17.4 Å². The van der Waals surface area contributed by atoms with Gasteiger partial charge in [0.2, 0.25) is 0 Å². The number of aliphatic hydroxyl groups excluding tert-OH is 2. The minimum absolute atomic E-state index is 0.0638. The van der Waals surface area contributed by atoms with Crippen LogP contribution in [-0.4, -0.2) is 21.7 Å². The average molecular weight is 309 g/mol. The minimum Gasteiger partial charge on any atom is -0.440 e. The molecule has 1 aromatic heterocycles. The second kappa shape index (κ2) is 6.66. The quantitative estimate of drug-likeness (QED) is 0.632. The van der Waals surface area contributed by atoms with Gasteiger partial charge in [-0.25, -0.2) is 0 Å². The molecule has 0 spiro atoms. The van der Waals surface area contributed by atoms with E-state index in [0.717, 1.165) is 16.9 Å². The maximum Gasteiger partial charge on any atom is 0.323 e. The van der Waals surface area contributed by atoms with Gasteiger partial charge in [0.1, 0.15) is 5.75 Å². The number of hydrogen-bond acceptors (Lipinski definition) is 6. The van der Waals surface area contributed by atoms with Gasteiger partial charge in [0.25, 0.3) is 5.06 Å². The van der Waals surface area contributed by atoms with Crippen LogP contribution in [0.25, 0.3) is 0 Å². The average Bonchev–Trinajstić information content (AvgIpc) is 2.86. The summed E-state index contributed by atoms with van der Waals surface area (Å²) < 4.78 is 5.54. The molecule has 1 atom stereocenters. The van der Waals surface area contributed by atoms with E-state index in [1.807, 2.05) is 0 Å². The summed E-state index contributed by atoms with van der Waals surface area (Å²) in [5.74, 6) is 0.471. The highest BCUT2D eigenvalue weighted by Gasteiger charge is 2.23. The van der Waals surface area contributed by atoms with Crippen molar-refractivity contribution in [3.05, 3.63) is 50.9 Å². The largest absolute Gasteiger partial charge is 0.440 e. The van der Waals surface area contributed by atoms with Crippen LogP contribution >= 0.6 is 11.3 Å². The molecule has 2 aromatic rings. The first kappa shape index (κ1) is 15.4. The number of hydrogen-bond donors (Lipinski definition) is 2. The van der Waals surface area contributed by atoms with Gasteiger partial charge in [-0.1, -0.05) is 23.5 Å². The maximum atomic E-state index is 11.0. The molecular weight excluding hydrogens is 294 g/mol. The van der Waals surface area contributed by atoms with Crippen LogP contribution in [0.4, 0.5) is 5.69 Å². The Morgan fingerprint density at radius 3 is 2.57 bits per heavy atom. The third-order valence-electron chi connectivity index (χ3n) is 2.84. The highest BCUT2D eigenvalue weighted by atomic mass is 32.1. The topological polar surface area (TPSA) is 92.8 Å². The van der Waals surface area contributed by atoms with Crippen molar-refractivity contribution >= 4 is 17.0 Å². The summed E-state index contributed by atoms with van der Waals surface area (Å²) in [5, 5.41) is 29.5. The summed E-state index contributed by atoms with van der Waals surface area (Å²) in [6, 6.07) is 8.29. The van der Waals surface area contributed by atoms with Crippen molar-refractivity contribution in [1.29, 1.82) is 0 Å². The first-order chi connectivity index (χ1) is 10.0.